The number of carboxylic acid groups (broad SMARTS) is 1. The van der Waals surface area contributed by atoms with Crippen molar-refractivity contribution in [2.45, 2.75) is 0 Å². The summed E-state index contributed by atoms with van der Waals surface area (Å²) in [4.78, 5) is 17.0. The Balaban J connectivity index is 2.21. The second-order valence-corrected chi connectivity index (χ2v) is 4.49. The van der Waals surface area contributed by atoms with E-state index in [-0.39, 0.29) is 10.0 Å². The number of carbonyl (C=O) groups is 1. The van der Waals surface area contributed by atoms with E-state index in [1.54, 1.807) is 0 Å². The van der Waals surface area contributed by atoms with Gasteiger partial charge in [-0.25, -0.2) is 9.78 Å². The molecule has 0 radical (unpaired) electrons. The standard InChI is InChI=1S/C8H10ClN3O2S/c9-6-5(7(13)14)15-8(11-6)12-3-1-10-2-4-12/h10H,1-4H2,(H,13,14). The van der Waals surface area contributed by atoms with Crippen LogP contribution in [-0.4, -0.2) is 42.2 Å². The normalized spacial score (nSPS) is 16.7. The van der Waals surface area contributed by atoms with Gasteiger partial charge in [0, 0.05) is 26.2 Å². The smallest absolute Gasteiger partial charge is 0.349 e. The van der Waals surface area contributed by atoms with Crippen LogP contribution in [-0.2, 0) is 0 Å². The largest absolute Gasteiger partial charge is 0.477 e. The summed E-state index contributed by atoms with van der Waals surface area (Å²) in [5.74, 6) is -1.01. The molecular formula is C8H10ClN3O2S. The van der Waals surface area contributed by atoms with E-state index in [1.807, 2.05) is 4.90 Å². The second-order valence-electron chi connectivity index (χ2n) is 3.16. The summed E-state index contributed by atoms with van der Waals surface area (Å²) in [6.45, 7) is 3.45. The number of aromatic carboxylic acids is 1. The quantitative estimate of drug-likeness (QED) is 0.813. The van der Waals surface area contributed by atoms with Crippen LogP contribution in [0.25, 0.3) is 0 Å². The Bertz CT molecular complexity index is 376. The van der Waals surface area contributed by atoms with E-state index in [0.717, 1.165) is 37.5 Å². The van der Waals surface area contributed by atoms with Crippen LogP contribution in [0.4, 0.5) is 5.13 Å². The van der Waals surface area contributed by atoms with Crippen molar-refractivity contribution >= 4 is 34.0 Å². The molecule has 2 rings (SSSR count). The first-order valence-electron chi connectivity index (χ1n) is 4.54. The average molecular weight is 248 g/mol. The van der Waals surface area contributed by atoms with Crippen molar-refractivity contribution in [3.05, 3.63) is 10.0 Å². The number of carboxylic acids is 1. The molecule has 15 heavy (non-hydrogen) atoms. The van der Waals surface area contributed by atoms with Crippen LogP contribution >= 0.6 is 22.9 Å². The van der Waals surface area contributed by atoms with Crippen LogP contribution in [0, 0.1) is 0 Å². The Hall–Kier alpha value is -0.850. The van der Waals surface area contributed by atoms with E-state index in [1.165, 1.54) is 0 Å². The molecule has 1 aliphatic heterocycles. The SMILES string of the molecule is O=C(O)c1sc(N2CCNCC2)nc1Cl. The molecule has 1 aromatic heterocycles. The lowest BCUT2D eigenvalue weighted by Crippen LogP contribution is -2.43. The number of thiazole rings is 1. The highest BCUT2D eigenvalue weighted by molar-refractivity contribution is 7.18. The van der Waals surface area contributed by atoms with Crippen LogP contribution in [0.2, 0.25) is 5.15 Å². The molecule has 5 nitrogen and oxygen atoms in total. The maximum atomic E-state index is 10.8. The zero-order valence-corrected chi connectivity index (χ0v) is 9.44. The summed E-state index contributed by atoms with van der Waals surface area (Å²) in [7, 11) is 0. The third kappa shape index (κ3) is 2.22. The van der Waals surface area contributed by atoms with E-state index in [4.69, 9.17) is 16.7 Å². The highest BCUT2D eigenvalue weighted by Gasteiger charge is 2.20. The van der Waals surface area contributed by atoms with Crippen molar-refractivity contribution in [1.82, 2.24) is 10.3 Å². The number of halogens is 1. The van der Waals surface area contributed by atoms with Gasteiger partial charge in [-0.05, 0) is 0 Å². The summed E-state index contributed by atoms with van der Waals surface area (Å²) in [6.07, 6.45) is 0. The molecule has 7 heteroatoms. The first kappa shape index (κ1) is 10.7. The fourth-order valence-corrected chi connectivity index (χ4v) is 2.59. The van der Waals surface area contributed by atoms with Gasteiger partial charge in [0.15, 0.2) is 15.2 Å². The van der Waals surface area contributed by atoms with Crippen molar-refractivity contribution in [3.8, 4) is 0 Å². The van der Waals surface area contributed by atoms with Gasteiger partial charge in [-0.15, -0.1) is 0 Å². The number of aromatic nitrogens is 1. The van der Waals surface area contributed by atoms with E-state index in [2.05, 4.69) is 10.3 Å². The molecule has 0 unspecified atom stereocenters. The van der Waals surface area contributed by atoms with Crippen molar-refractivity contribution in [3.63, 3.8) is 0 Å². The van der Waals surface area contributed by atoms with Crippen LogP contribution in [0.1, 0.15) is 9.67 Å². The molecule has 1 aromatic rings. The highest BCUT2D eigenvalue weighted by Crippen LogP contribution is 2.29. The molecule has 0 atom stereocenters. The topological polar surface area (TPSA) is 65.5 Å². The molecule has 0 bridgehead atoms. The number of hydrogen-bond donors (Lipinski definition) is 2. The minimum Gasteiger partial charge on any atom is -0.477 e. The van der Waals surface area contributed by atoms with Gasteiger partial charge in [0.05, 0.1) is 0 Å². The molecule has 1 fully saturated rings. The number of rotatable bonds is 2. The molecule has 1 saturated heterocycles. The Morgan fingerprint density at radius 2 is 2.20 bits per heavy atom. The fraction of sp³-hybridized carbons (Fsp3) is 0.500. The molecule has 0 aliphatic carbocycles. The van der Waals surface area contributed by atoms with Crippen LogP contribution in [0.5, 0.6) is 0 Å². The van der Waals surface area contributed by atoms with Crippen molar-refractivity contribution in [2.24, 2.45) is 0 Å². The van der Waals surface area contributed by atoms with Gasteiger partial charge in [-0.2, -0.15) is 0 Å². The molecule has 1 aliphatic rings. The van der Waals surface area contributed by atoms with Gasteiger partial charge < -0.3 is 15.3 Å². The van der Waals surface area contributed by atoms with Gasteiger partial charge in [0.1, 0.15) is 0 Å². The van der Waals surface area contributed by atoms with E-state index >= 15 is 0 Å². The Labute approximate surface area is 95.7 Å². The van der Waals surface area contributed by atoms with Crippen LogP contribution in [0.15, 0.2) is 0 Å². The lowest BCUT2D eigenvalue weighted by atomic mass is 10.4. The van der Waals surface area contributed by atoms with Crippen molar-refractivity contribution in [2.75, 3.05) is 31.1 Å². The van der Waals surface area contributed by atoms with Crippen LogP contribution < -0.4 is 10.2 Å². The monoisotopic (exact) mass is 247 g/mol. The first-order chi connectivity index (χ1) is 7.18. The Kier molecular flexibility index (Phi) is 3.08. The lowest BCUT2D eigenvalue weighted by molar-refractivity contribution is 0.0702. The van der Waals surface area contributed by atoms with Crippen molar-refractivity contribution < 1.29 is 9.90 Å². The summed E-state index contributed by atoms with van der Waals surface area (Å²) >= 11 is 6.87. The zero-order chi connectivity index (χ0) is 10.8. The fourth-order valence-electron chi connectivity index (χ4n) is 1.41. The number of nitrogens with zero attached hydrogens (tertiary/aromatic N) is 2. The van der Waals surface area contributed by atoms with Gasteiger partial charge >= 0.3 is 5.97 Å². The maximum Gasteiger partial charge on any atom is 0.349 e. The summed E-state index contributed by atoms with van der Waals surface area (Å²) < 4.78 is 0. The molecule has 82 valence electrons. The van der Waals surface area contributed by atoms with E-state index < -0.39 is 5.97 Å². The minimum atomic E-state index is -1.01. The van der Waals surface area contributed by atoms with Gasteiger partial charge in [0.2, 0.25) is 0 Å². The molecule has 0 spiro atoms. The average Bonchev–Trinajstić information content (AvgIpc) is 2.62. The zero-order valence-electron chi connectivity index (χ0n) is 7.86. The van der Waals surface area contributed by atoms with Gasteiger partial charge in [-0.3, -0.25) is 0 Å². The van der Waals surface area contributed by atoms with E-state index in [9.17, 15) is 4.79 Å². The first-order valence-corrected chi connectivity index (χ1v) is 5.73. The maximum absolute atomic E-state index is 10.8. The molecule has 0 aromatic carbocycles. The Morgan fingerprint density at radius 1 is 1.53 bits per heavy atom. The summed E-state index contributed by atoms with van der Waals surface area (Å²) in [5, 5.41) is 12.8. The lowest BCUT2D eigenvalue weighted by Gasteiger charge is -2.26. The predicted octanol–water partition coefficient (Wildman–Crippen LogP) is 0.904. The molecular weight excluding hydrogens is 238 g/mol. The van der Waals surface area contributed by atoms with Gasteiger partial charge in [0.25, 0.3) is 0 Å². The van der Waals surface area contributed by atoms with E-state index in [0.29, 0.717) is 5.13 Å². The molecule has 0 saturated carbocycles. The Morgan fingerprint density at radius 3 is 2.73 bits per heavy atom. The number of nitrogens with one attached hydrogen (secondary N) is 1. The van der Waals surface area contributed by atoms with Crippen LogP contribution in [0.3, 0.4) is 0 Å². The molecule has 2 heterocycles. The van der Waals surface area contributed by atoms with Gasteiger partial charge in [-0.1, -0.05) is 22.9 Å². The predicted molar refractivity (Wildman–Crippen MR) is 59.2 cm³/mol. The number of hydrogen-bond acceptors (Lipinski definition) is 5. The molecule has 0 amide bonds. The second kappa shape index (κ2) is 4.34. The minimum absolute atomic E-state index is 0.0843. The highest BCUT2D eigenvalue weighted by atomic mass is 35.5. The summed E-state index contributed by atoms with van der Waals surface area (Å²) in [5.41, 5.74) is 0. The number of anilines is 1. The molecule has 2 N–H and O–H groups in total. The third-order valence-electron chi connectivity index (χ3n) is 2.16. The van der Waals surface area contributed by atoms with Crippen molar-refractivity contribution in [1.29, 1.82) is 0 Å². The third-order valence-corrected chi connectivity index (χ3v) is 3.65. The summed E-state index contributed by atoms with van der Waals surface area (Å²) in [6, 6.07) is 0. The number of piperazine rings is 1.